The number of carboxylic acid groups (broad SMARTS) is 1. The molecular formula is C10H13N3O3. The van der Waals surface area contributed by atoms with Crippen LogP contribution in [0.4, 0.5) is 5.82 Å². The van der Waals surface area contributed by atoms with Crippen molar-refractivity contribution in [3.63, 3.8) is 0 Å². The molecule has 0 aliphatic heterocycles. The van der Waals surface area contributed by atoms with Crippen molar-refractivity contribution in [3.05, 3.63) is 22.7 Å². The van der Waals surface area contributed by atoms with Crippen molar-refractivity contribution in [1.82, 2.24) is 9.55 Å². The first-order chi connectivity index (χ1) is 7.59. The summed E-state index contributed by atoms with van der Waals surface area (Å²) in [4.78, 5) is 26.5. The van der Waals surface area contributed by atoms with Crippen molar-refractivity contribution in [3.8, 4) is 0 Å². The fraction of sp³-hybridized carbons (Fsp3) is 0.500. The molecule has 2 rings (SSSR count). The van der Waals surface area contributed by atoms with Crippen LogP contribution in [0.1, 0.15) is 12.8 Å². The zero-order chi connectivity index (χ0) is 11.7. The van der Waals surface area contributed by atoms with Crippen molar-refractivity contribution in [2.24, 2.45) is 13.0 Å². The van der Waals surface area contributed by atoms with Gasteiger partial charge in [-0.05, 0) is 18.8 Å². The van der Waals surface area contributed by atoms with E-state index in [9.17, 15) is 9.59 Å². The summed E-state index contributed by atoms with van der Waals surface area (Å²) in [5, 5.41) is 11.7. The predicted octanol–water partition coefficient (Wildman–Crippen LogP) is 0.0554. The molecule has 1 aliphatic carbocycles. The van der Waals surface area contributed by atoms with Crippen molar-refractivity contribution in [1.29, 1.82) is 0 Å². The normalized spacial score (nSPS) is 16.8. The minimum absolute atomic E-state index is 0.101. The molecule has 86 valence electrons. The SMILES string of the molecule is Cn1ccnc(NC(C(=O)O)C2CC2)c1=O. The Kier molecular flexibility index (Phi) is 2.64. The number of carbonyl (C=O) groups is 1. The molecular weight excluding hydrogens is 210 g/mol. The van der Waals surface area contributed by atoms with Crippen LogP contribution >= 0.6 is 0 Å². The summed E-state index contributed by atoms with van der Waals surface area (Å²) >= 11 is 0. The topological polar surface area (TPSA) is 84.2 Å². The van der Waals surface area contributed by atoms with Gasteiger partial charge in [0.05, 0.1) is 0 Å². The summed E-state index contributed by atoms with van der Waals surface area (Å²) in [6.07, 6.45) is 4.77. The Morgan fingerprint density at radius 3 is 2.94 bits per heavy atom. The van der Waals surface area contributed by atoms with Crippen molar-refractivity contribution < 1.29 is 9.90 Å². The predicted molar refractivity (Wildman–Crippen MR) is 57.2 cm³/mol. The molecule has 0 amide bonds. The highest BCUT2D eigenvalue weighted by molar-refractivity contribution is 5.77. The Balaban J connectivity index is 2.21. The summed E-state index contributed by atoms with van der Waals surface area (Å²) in [5.41, 5.74) is -0.311. The second-order valence-corrected chi connectivity index (χ2v) is 3.99. The largest absolute Gasteiger partial charge is 0.480 e. The van der Waals surface area contributed by atoms with Gasteiger partial charge in [-0.25, -0.2) is 9.78 Å². The summed E-state index contributed by atoms with van der Waals surface area (Å²) in [7, 11) is 1.60. The van der Waals surface area contributed by atoms with E-state index in [0.29, 0.717) is 0 Å². The number of nitrogens with one attached hydrogen (secondary N) is 1. The Morgan fingerprint density at radius 2 is 2.38 bits per heavy atom. The number of anilines is 1. The molecule has 1 heterocycles. The first-order valence-electron chi connectivity index (χ1n) is 5.10. The van der Waals surface area contributed by atoms with Crippen LogP contribution in [-0.4, -0.2) is 26.7 Å². The van der Waals surface area contributed by atoms with Gasteiger partial charge in [0, 0.05) is 19.4 Å². The van der Waals surface area contributed by atoms with Crippen LogP contribution in [0.2, 0.25) is 0 Å². The Bertz CT molecular complexity index is 465. The minimum Gasteiger partial charge on any atom is -0.480 e. The Hall–Kier alpha value is -1.85. The summed E-state index contributed by atoms with van der Waals surface area (Å²) in [6.45, 7) is 0. The average molecular weight is 223 g/mol. The van der Waals surface area contributed by atoms with Gasteiger partial charge < -0.3 is 15.0 Å². The van der Waals surface area contributed by atoms with E-state index in [-0.39, 0.29) is 17.3 Å². The van der Waals surface area contributed by atoms with E-state index < -0.39 is 12.0 Å². The molecule has 0 aromatic carbocycles. The highest BCUT2D eigenvalue weighted by Gasteiger charge is 2.36. The lowest BCUT2D eigenvalue weighted by Gasteiger charge is -2.13. The second-order valence-electron chi connectivity index (χ2n) is 3.99. The number of carboxylic acids is 1. The first kappa shape index (κ1) is 10.7. The van der Waals surface area contributed by atoms with Gasteiger partial charge in [0.15, 0.2) is 5.82 Å². The molecule has 16 heavy (non-hydrogen) atoms. The Labute approximate surface area is 91.9 Å². The van der Waals surface area contributed by atoms with Crippen LogP contribution in [0.3, 0.4) is 0 Å². The fourth-order valence-electron chi connectivity index (χ4n) is 1.55. The summed E-state index contributed by atoms with van der Waals surface area (Å²) < 4.78 is 1.36. The quantitative estimate of drug-likeness (QED) is 0.753. The highest BCUT2D eigenvalue weighted by atomic mass is 16.4. The monoisotopic (exact) mass is 223 g/mol. The van der Waals surface area contributed by atoms with E-state index in [1.807, 2.05) is 0 Å². The zero-order valence-corrected chi connectivity index (χ0v) is 8.88. The average Bonchev–Trinajstić information content (AvgIpc) is 3.03. The van der Waals surface area contributed by atoms with E-state index in [1.165, 1.54) is 17.0 Å². The molecule has 0 saturated heterocycles. The van der Waals surface area contributed by atoms with Crippen LogP contribution in [-0.2, 0) is 11.8 Å². The third kappa shape index (κ3) is 2.05. The van der Waals surface area contributed by atoms with Crippen LogP contribution in [0, 0.1) is 5.92 Å². The second kappa shape index (κ2) is 3.96. The summed E-state index contributed by atoms with van der Waals surface area (Å²) in [6, 6.07) is -0.706. The molecule has 0 spiro atoms. The molecule has 1 saturated carbocycles. The first-order valence-corrected chi connectivity index (χ1v) is 5.10. The molecule has 1 aromatic rings. The number of aliphatic carboxylic acids is 1. The van der Waals surface area contributed by atoms with Crippen molar-refractivity contribution in [2.45, 2.75) is 18.9 Å². The van der Waals surface area contributed by atoms with Crippen molar-refractivity contribution in [2.75, 3.05) is 5.32 Å². The standard InChI is InChI=1S/C10H13N3O3/c1-13-5-4-11-8(9(13)14)12-7(10(15)16)6-2-3-6/h4-7H,2-3H2,1H3,(H,11,12)(H,15,16). The maximum Gasteiger partial charge on any atom is 0.326 e. The van der Waals surface area contributed by atoms with Gasteiger partial charge in [-0.2, -0.15) is 0 Å². The van der Waals surface area contributed by atoms with Gasteiger partial charge in [0.1, 0.15) is 6.04 Å². The van der Waals surface area contributed by atoms with Crippen LogP contribution < -0.4 is 10.9 Å². The van der Waals surface area contributed by atoms with E-state index in [0.717, 1.165) is 12.8 Å². The highest BCUT2D eigenvalue weighted by Crippen LogP contribution is 2.33. The lowest BCUT2D eigenvalue weighted by molar-refractivity contribution is -0.138. The zero-order valence-electron chi connectivity index (χ0n) is 8.88. The van der Waals surface area contributed by atoms with E-state index in [2.05, 4.69) is 10.3 Å². The maximum absolute atomic E-state index is 11.6. The third-order valence-electron chi connectivity index (χ3n) is 2.67. The molecule has 2 N–H and O–H groups in total. The van der Waals surface area contributed by atoms with E-state index >= 15 is 0 Å². The lowest BCUT2D eigenvalue weighted by atomic mass is 10.2. The molecule has 1 aliphatic rings. The van der Waals surface area contributed by atoms with Crippen LogP contribution in [0.15, 0.2) is 17.2 Å². The van der Waals surface area contributed by atoms with Gasteiger partial charge >= 0.3 is 5.97 Å². The molecule has 1 aromatic heterocycles. The van der Waals surface area contributed by atoms with Gasteiger partial charge in [0.2, 0.25) is 0 Å². The molecule has 0 bridgehead atoms. The Morgan fingerprint density at radius 1 is 1.69 bits per heavy atom. The van der Waals surface area contributed by atoms with Gasteiger partial charge in [0.25, 0.3) is 5.56 Å². The number of nitrogens with zero attached hydrogens (tertiary/aromatic N) is 2. The smallest absolute Gasteiger partial charge is 0.326 e. The fourth-order valence-corrected chi connectivity index (χ4v) is 1.55. The van der Waals surface area contributed by atoms with Crippen LogP contribution in [0.25, 0.3) is 0 Å². The number of hydrogen-bond acceptors (Lipinski definition) is 4. The molecule has 0 radical (unpaired) electrons. The number of rotatable bonds is 4. The number of aryl methyl sites for hydroxylation is 1. The minimum atomic E-state index is -0.935. The van der Waals surface area contributed by atoms with Crippen molar-refractivity contribution >= 4 is 11.8 Å². The maximum atomic E-state index is 11.6. The number of hydrogen-bond donors (Lipinski definition) is 2. The lowest BCUT2D eigenvalue weighted by Crippen LogP contribution is -2.35. The summed E-state index contributed by atoms with van der Waals surface area (Å²) in [5.74, 6) is -0.719. The van der Waals surface area contributed by atoms with Gasteiger partial charge in [-0.3, -0.25) is 4.79 Å². The van der Waals surface area contributed by atoms with Crippen LogP contribution in [0.5, 0.6) is 0 Å². The van der Waals surface area contributed by atoms with E-state index in [1.54, 1.807) is 7.05 Å². The van der Waals surface area contributed by atoms with Gasteiger partial charge in [-0.15, -0.1) is 0 Å². The molecule has 6 heteroatoms. The molecule has 1 fully saturated rings. The van der Waals surface area contributed by atoms with Gasteiger partial charge in [-0.1, -0.05) is 0 Å². The number of aromatic nitrogens is 2. The molecule has 6 nitrogen and oxygen atoms in total. The third-order valence-corrected chi connectivity index (χ3v) is 2.67. The van der Waals surface area contributed by atoms with E-state index in [4.69, 9.17) is 5.11 Å². The molecule has 1 atom stereocenters. The molecule has 1 unspecified atom stereocenters.